The van der Waals surface area contributed by atoms with E-state index in [-0.39, 0.29) is 24.3 Å². The third kappa shape index (κ3) is 8.19. The minimum absolute atomic E-state index is 0.170. The van der Waals surface area contributed by atoms with Gasteiger partial charge in [-0.05, 0) is 113 Å². The van der Waals surface area contributed by atoms with Crippen molar-refractivity contribution < 1.29 is 28.7 Å². The van der Waals surface area contributed by atoms with Crippen molar-refractivity contribution in [2.24, 2.45) is 5.92 Å². The molecule has 0 aromatic heterocycles. The zero-order chi connectivity index (χ0) is 33.8. The molecule has 254 valence electrons. The Kier molecular flexibility index (Phi) is 10.1. The van der Waals surface area contributed by atoms with Gasteiger partial charge in [-0.2, -0.15) is 0 Å². The molecule has 48 heavy (non-hydrogen) atoms. The van der Waals surface area contributed by atoms with Gasteiger partial charge in [-0.15, -0.1) is 0 Å². The van der Waals surface area contributed by atoms with Crippen LogP contribution in [0.25, 0.3) is 0 Å². The minimum atomic E-state index is -0.613. The van der Waals surface area contributed by atoms with Crippen LogP contribution >= 0.6 is 0 Å². The summed E-state index contributed by atoms with van der Waals surface area (Å²) in [7, 11) is 0. The molecule has 0 bridgehead atoms. The van der Waals surface area contributed by atoms with E-state index in [0.29, 0.717) is 50.1 Å². The fourth-order valence-electron chi connectivity index (χ4n) is 7.07. The highest BCUT2D eigenvalue weighted by Crippen LogP contribution is 2.30. The van der Waals surface area contributed by atoms with Crippen LogP contribution in [0.3, 0.4) is 0 Å². The first-order valence-corrected chi connectivity index (χ1v) is 17.2. The molecule has 0 aliphatic carbocycles. The standard InChI is InChI=1S/C38H46N4O6/c1-38(2,3)48-37(46)41-19-5-7-27(23-41)25-47-31-11-9-28(10-12-31)29-16-20-40(21-17-29)18-4-6-26-8-13-32-30(22-26)24-42(36(32)45)33-14-15-34(43)39-35(33)44/h8-13,22,27,29,33H,5,7,14-21,23-25H2,1-3H3,(H,39,43,44). The number of likely N-dealkylation sites (tertiary alicyclic amines) is 2. The van der Waals surface area contributed by atoms with E-state index in [1.54, 1.807) is 15.9 Å². The summed E-state index contributed by atoms with van der Waals surface area (Å²) in [5.41, 5.74) is 3.16. The second-order valence-corrected chi connectivity index (χ2v) is 14.4. The van der Waals surface area contributed by atoms with Gasteiger partial charge in [-0.1, -0.05) is 24.0 Å². The van der Waals surface area contributed by atoms with Crippen LogP contribution in [-0.4, -0.2) is 89.5 Å². The molecular formula is C38H46N4O6. The number of rotatable bonds is 6. The largest absolute Gasteiger partial charge is 0.493 e. The lowest BCUT2D eigenvalue weighted by atomic mass is 9.89. The lowest BCUT2D eigenvalue weighted by Gasteiger charge is -2.34. The number of piperidine rings is 3. The molecule has 2 unspecified atom stereocenters. The summed E-state index contributed by atoms with van der Waals surface area (Å²) in [5.74, 6) is 7.38. The van der Waals surface area contributed by atoms with Crippen LogP contribution in [0.5, 0.6) is 5.75 Å². The molecule has 4 amide bonds. The van der Waals surface area contributed by atoms with Crippen molar-refractivity contribution in [3.8, 4) is 17.6 Å². The highest BCUT2D eigenvalue weighted by Gasteiger charge is 2.39. The lowest BCUT2D eigenvalue weighted by molar-refractivity contribution is -0.136. The van der Waals surface area contributed by atoms with Crippen LogP contribution in [0.4, 0.5) is 4.79 Å². The maximum absolute atomic E-state index is 12.9. The molecule has 2 aromatic rings. The van der Waals surface area contributed by atoms with Crippen molar-refractivity contribution >= 4 is 23.8 Å². The number of carbonyl (C=O) groups is 4. The van der Waals surface area contributed by atoms with Gasteiger partial charge in [0.1, 0.15) is 17.4 Å². The second-order valence-electron chi connectivity index (χ2n) is 14.4. The van der Waals surface area contributed by atoms with Gasteiger partial charge in [0, 0.05) is 43.1 Å². The van der Waals surface area contributed by atoms with E-state index >= 15 is 0 Å². The maximum Gasteiger partial charge on any atom is 0.410 e. The predicted molar refractivity (Wildman–Crippen MR) is 180 cm³/mol. The highest BCUT2D eigenvalue weighted by molar-refractivity contribution is 6.05. The summed E-state index contributed by atoms with van der Waals surface area (Å²) in [5, 5.41) is 2.35. The minimum Gasteiger partial charge on any atom is -0.493 e. The Morgan fingerprint density at radius 3 is 2.48 bits per heavy atom. The first kappa shape index (κ1) is 33.5. The lowest BCUT2D eigenvalue weighted by Crippen LogP contribution is -2.52. The average Bonchev–Trinajstić information content (AvgIpc) is 3.38. The molecule has 3 fully saturated rings. The molecule has 2 aromatic carbocycles. The highest BCUT2D eigenvalue weighted by atomic mass is 16.6. The van der Waals surface area contributed by atoms with Gasteiger partial charge < -0.3 is 19.3 Å². The summed E-state index contributed by atoms with van der Waals surface area (Å²) in [6.45, 7) is 10.7. The van der Waals surface area contributed by atoms with E-state index in [4.69, 9.17) is 9.47 Å². The van der Waals surface area contributed by atoms with Gasteiger partial charge in [0.2, 0.25) is 11.8 Å². The molecule has 2 atom stereocenters. The third-order valence-electron chi connectivity index (χ3n) is 9.65. The molecule has 0 spiro atoms. The summed E-state index contributed by atoms with van der Waals surface area (Å²) < 4.78 is 11.7. The van der Waals surface area contributed by atoms with Crippen LogP contribution < -0.4 is 10.1 Å². The molecule has 6 rings (SSSR count). The maximum atomic E-state index is 12.9. The van der Waals surface area contributed by atoms with E-state index in [0.717, 1.165) is 62.2 Å². The summed E-state index contributed by atoms with van der Waals surface area (Å²) >= 11 is 0. The average molecular weight is 655 g/mol. The number of amides is 4. The second kappa shape index (κ2) is 14.4. The molecule has 4 aliphatic heterocycles. The van der Waals surface area contributed by atoms with E-state index in [1.165, 1.54) is 5.56 Å². The van der Waals surface area contributed by atoms with Crippen LogP contribution in [0, 0.1) is 17.8 Å². The Balaban J connectivity index is 0.934. The summed E-state index contributed by atoms with van der Waals surface area (Å²) in [6, 6.07) is 13.5. The van der Waals surface area contributed by atoms with Crippen molar-refractivity contribution in [1.82, 2.24) is 20.0 Å². The van der Waals surface area contributed by atoms with Crippen LogP contribution in [0.15, 0.2) is 42.5 Å². The number of fused-ring (bicyclic) bond motifs is 1. The molecule has 10 nitrogen and oxygen atoms in total. The monoisotopic (exact) mass is 654 g/mol. The number of benzene rings is 2. The predicted octanol–water partition coefficient (Wildman–Crippen LogP) is 4.70. The number of hydrogen-bond donors (Lipinski definition) is 1. The first-order valence-electron chi connectivity index (χ1n) is 17.2. The van der Waals surface area contributed by atoms with Gasteiger partial charge in [0.15, 0.2) is 0 Å². The third-order valence-corrected chi connectivity index (χ3v) is 9.65. The molecule has 0 saturated carbocycles. The fourth-order valence-corrected chi connectivity index (χ4v) is 7.07. The van der Waals surface area contributed by atoms with Gasteiger partial charge in [-0.3, -0.25) is 24.6 Å². The van der Waals surface area contributed by atoms with Crippen molar-refractivity contribution in [2.45, 2.75) is 83.4 Å². The van der Waals surface area contributed by atoms with E-state index < -0.39 is 17.6 Å². The number of imide groups is 1. The van der Waals surface area contributed by atoms with Crippen LogP contribution in [0.1, 0.15) is 92.3 Å². The molecular weight excluding hydrogens is 608 g/mol. The van der Waals surface area contributed by atoms with Gasteiger partial charge in [0.05, 0.1) is 13.2 Å². The van der Waals surface area contributed by atoms with Crippen molar-refractivity contribution in [3.05, 3.63) is 64.7 Å². The van der Waals surface area contributed by atoms with E-state index in [1.807, 2.05) is 32.9 Å². The topological polar surface area (TPSA) is 108 Å². The van der Waals surface area contributed by atoms with Crippen molar-refractivity contribution in [1.29, 1.82) is 0 Å². The zero-order valence-corrected chi connectivity index (χ0v) is 28.3. The number of nitrogens with one attached hydrogen (secondary N) is 1. The quantitative estimate of drug-likeness (QED) is 0.355. The molecule has 4 heterocycles. The van der Waals surface area contributed by atoms with E-state index in [9.17, 15) is 19.2 Å². The fraction of sp³-hybridized carbons (Fsp3) is 0.526. The van der Waals surface area contributed by atoms with Crippen LogP contribution in [0.2, 0.25) is 0 Å². The number of carbonyl (C=O) groups excluding carboxylic acids is 4. The smallest absolute Gasteiger partial charge is 0.410 e. The molecule has 1 N–H and O–H groups in total. The summed E-state index contributed by atoms with van der Waals surface area (Å²) in [6.07, 6.45) is 4.50. The van der Waals surface area contributed by atoms with E-state index in [2.05, 4.69) is 46.3 Å². The summed E-state index contributed by atoms with van der Waals surface area (Å²) in [4.78, 5) is 55.0. The first-order chi connectivity index (χ1) is 23.0. The normalized spacial score (nSPS) is 22.1. The molecule has 4 aliphatic rings. The van der Waals surface area contributed by atoms with Crippen LogP contribution in [-0.2, 0) is 20.9 Å². The Hall–Kier alpha value is -4.36. The number of hydrogen-bond acceptors (Lipinski definition) is 7. The van der Waals surface area contributed by atoms with Gasteiger partial charge in [-0.25, -0.2) is 4.79 Å². The Morgan fingerprint density at radius 2 is 1.75 bits per heavy atom. The SMILES string of the molecule is CC(C)(C)OC(=O)N1CCCC(COc2ccc(C3CCN(CC#Cc4ccc5c(c4)CN(C4CCC(=O)NC4=O)C5=O)CC3)cc2)C1. The van der Waals surface area contributed by atoms with Crippen molar-refractivity contribution in [2.75, 3.05) is 39.3 Å². The van der Waals surface area contributed by atoms with Crippen molar-refractivity contribution in [3.63, 3.8) is 0 Å². The Labute approximate surface area is 283 Å². The molecule has 3 saturated heterocycles. The Bertz CT molecular complexity index is 1600. The molecule has 0 radical (unpaired) electrons. The zero-order valence-electron chi connectivity index (χ0n) is 28.3. The Morgan fingerprint density at radius 1 is 0.979 bits per heavy atom. The number of ether oxygens (including phenoxy) is 2. The molecule has 10 heteroatoms. The number of nitrogens with zero attached hydrogens (tertiary/aromatic N) is 3. The van der Waals surface area contributed by atoms with Gasteiger partial charge >= 0.3 is 6.09 Å². The van der Waals surface area contributed by atoms with Gasteiger partial charge in [0.25, 0.3) is 5.91 Å².